The van der Waals surface area contributed by atoms with Crippen LogP contribution in [0.2, 0.25) is 0 Å². The van der Waals surface area contributed by atoms with E-state index in [1.165, 1.54) is 7.11 Å². The van der Waals surface area contributed by atoms with E-state index in [0.29, 0.717) is 23.6 Å². The number of benzene rings is 1. The van der Waals surface area contributed by atoms with Crippen LogP contribution in [0.15, 0.2) is 18.2 Å². The van der Waals surface area contributed by atoms with Crippen molar-refractivity contribution in [2.24, 2.45) is 0 Å². The minimum atomic E-state index is -0.308. The Balaban J connectivity index is 2.66. The highest BCUT2D eigenvalue weighted by molar-refractivity contribution is 5.89. The Morgan fingerprint density at radius 1 is 1.30 bits per heavy atom. The lowest BCUT2D eigenvalue weighted by Crippen LogP contribution is -2.38. The zero-order valence-corrected chi connectivity index (χ0v) is 12.1. The number of carbonyl (C=O) groups is 1. The summed E-state index contributed by atoms with van der Waals surface area (Å²) in [7, 11) is 3.09. The largest absolute Gasteiger partial charge is 0.493 e. The average Bonchev–Trinajstić information content (AvgIpc) is 2.46. The molecule has 0 unspecified atom stereocenters. The predicted octanol–water partition coefficient (Wildman–Crippen LogP) is 1.99. The number of nitrogens with one attached hydrogen (secondary N) is 2. The van der Waals surface area contributed by atoms with Gasteiger partial charge in [-0.3, -0.25) is 0 Å². The van der Waals surface area contributed by atoms with E-state index in [-0.39, 0.29) is 18.7 Å². The van der Waals surface area contributed by atoms with Crippen LogP contribution in [0.4, 0.5) is 10.5 Å². The number of aliphatic hydroxyl groups excluding tert-OH is 1. The molecule has 0 saturated heterocycles. The predicted molar refractivity (Wildman–Crippen MR) is 77.5 cm³/mol. The molecule has 6 nitrogen and oxygen atoms in total. The van der Waals surface area contributed by atoms with Crippen LogP contribution in [-0.4, -0.2) is 38.0 Å². The Morgan fingerprint density at radius 3 is 2.55 bits per heavy atom. The van der Waals surface area contributed by atoms with Crippen molar-refractivity contribution in [1.82, 2.24) is 5.32 Å². The number of hydrogen-bond donors (Lipinski definition) is 3. The second-order valence-corrected chi connectivity index (χ2v) is 4.29. The normalized spacial score (nSPS) is 11.6. The summed E-state index contributed by atoms with van der Waals surface area (Å²) in [5.41, 5.74) is 0.610. The fourth-order valence-corrected chi connectivity index (χ4v) is 1.80. The van der Waals surface area contributed by atoms with E-state index < -0.39 is 0 Å². The van der Waals surface area contributed by atoms with E-state index in [1.807, 2.05) is 6.92 Å². The maximum Gasteiger partial charge on any atom is 0.319 e. The standard InChI is InChI=1S/C14H22N2O4/c1-4-10(7-8-17)15-14(18)16-11-5-6-12(19-2)13(9-11)20-3/h5-6,9-10,17H,4,7-8H2,1-3H3,(H2,15,16,18)/t10-/m1/s1. The van der Waals surface area contributed by atoms with Gasteiger partial charge >= 0.3 is 6.03 Å². The summed E-state index contributed by atoms with van der Waals surface area (Å²) in [6, 6.07) is 4.79. The van der Waals surface area contributed by atoms with Gasteiger partial charge in [0.05, 0.1) is 14.2 Å². The molecule has 0 aliphatic carbocycles. The smallest absolute Gasteiger partial charge is 0.319 e. The Hall–Kier alpha value is -1.95. The maximum atomic E-state index is 11.8. The van der Waals surface area contributed by atoms with E-state index in [9.17, 15) is 4.79 Å². The molecule has 1 aromatic rings. The third kappa shape index (κ3) is 4.62. The van der Waals surface area contributed by atoms with Crippen molar-refractivity contribution in [3.63, 3.8) is 0 Å². The first-order chi connectivity index (χ1) is 9.64. The molecule has 3 N–H and O–H groups in total. The van der Waals surface area contributed by atoms with Gasteiger partial charge in [-0.2, -0.15) is 0 Å². The number of urea groups is 1. The number of aliphatic hydroxyl groups is 1. The van der Waals surface area contributed by atoms with Crippen LogP contribution in [0.25, 0.3) is 0 Å². The van der Waals surface area contributed by atoms with E-state index >= 15 is 0 Å². The van der Waals surface area contributed by atoms with Crippen LogP contribution in [0.1, 0.15) is 19.8 Å². The number of amides is 2. The molecule has 1 atom stereocenters. The molecular weight excluding hydrogens is 260 g/mol. The van der Waals surface area contributed by atoms with Gasteiger partial charge in [0.25, 0.3) is 0 Å². The highest BCUT2D eigenvalue weighted by Crippen LogP contribution is 2.29. The number of anilines is 1. The van der Waals surface area contributed by atoms with Crippen LogP contribution >= 0.6 is 0 Å². The van der Waals surface area contributed by atoms with Crippen LogP contribution < -0.4 is 20.1 Å². The van der Waals surface area contributed by atoms with Crippen molar-refractivity contribution in [2.75, 3.05) is 26.1 Å². The molecule has 0 aliphatic rings. The number of carbonyl (C=O) groups excluding carboxylic acids is 1. The number of methoxy groups -OCH3 is 2. The Kier molecular flexibility index (Phi) is 6.66. The Labute approximate surface area is 119 Å². The van der Waals surface area contributed by atoms with Crippen LogP contribution in [0.5, 0.6) is 11.5 Å². The lowest BCUT2D eigenvalue weighted by Gasteiger charge is -2.16. The van der Waals surface area contributed by atoms with Gasteiger partial charge in [-0.15, -0.1) is 0 Å². The lowest BCUT2D eigenvalue weighted by atomic mass is 10.2. The van der Waals surface area contributed by atoms with Crippen molar-refractivity contribution in [3.05, 3.63) is 18.2 Å². The van der Waals surface area contributed by atoms with Gasteiger partial charge in [0.15, 0.2) is 11.5 Å². The minimum Gasteiger partial charge on any atom is -0.493 e. The van der Waals surface area contributed by atoms with E-state index in [1.54, 1.807) is 25.3 Å². The van der Waals surface area contributed by atoms with Crippen molar-refractivity contribution >= 4 is 11.7 Å². The third-order valence-corrected chi connectivity index (χ3v) is 2.95. The molecule has 6 heteroatoms. The molecule has 0 spiro atoms. The Bertz CT molecular complexity index is 437. The molecule has 112 valence electrons. The summed E-state index contributed by atoms with van der Waals surface area (Å²) < 4.78 is 10.3. The summed E-state index contributed by atoms with van der Waals surface area (Å²) in [6.45, 7) is 2.01. The quantitative estimate of drug-likeness (QED) is 0.714. The average molecular weight is 282 g/mol. The van der Waals surface area contributed by atoms with E-state index in [2.05, 4.69) is 10.6 Å². The zero-order chi connectivity index (χ0) is 15.0. The van der Waals surface area contributed by atoms with Crippen LogP contribution in [0, 0.1) is 0 Å². The monoisotopic (exact) mass is 282 g/mol. The summed E-state index contributed by atoms with van der Waals surface area (Å²) in [5, 5.41) is 14.4. The molecule has 1 rings (SSSR count). The van der Waals surface area contributed by atoms with Crippen molar-refractivity contribution in [3.8, 4) is 11.5 Å². The van der Waals surface area contributed by atoms with Gasteiger partial charge in [-0.05, 0) is 25.0 Å². The van der Waals surface area contributed by atoms with Gasteiger partial charge in [0.2, 0.25) is 0 Å². The second kappa shape index (κ2) is 8.27. The summed E-state index contributed by atoms with van der Waals surface area (Å²) in [5.74, 6) is 1.15. The molecule has 0 heterocycles. The van der Waals surface area contributed by atoms with Crippen LogP contribution in [0.3, 0.4) is 0 Å². The van der Waals surface area contributed by atoms with E-state index in [4.69, 9.17) is 14.6 Å². The highest BCUT2D eigenvalue weighted by atomic mass is 16.5. The Morgan fingerprint density at radius 2 is 2.00 bits per heavy atom. The topological polar surface area (TPSA) is 79.8 Å². The molecule has 20 heavy (non-hydrogen) atoms. The highest BCUT2D eigenvalue weighted by Gasteiger charge is 2.11. The maximum absolute atomic E-state index is 11.8. The minimum absolute atomic E-state index is 0.0415. The SMILES string of the molecule is CC[C@H](CCO)NC(=O)Nc1ccc(OC)c(OC)c1. The first-order valence-electron chi connectivity index (χ1n) is 6.55. The zero-order valence-electron chi connectivity index (χ0n) is 12.1. The lowest BCUT2D eigenvalue weighted by molar-refractivity contribution is 0.237. The molecular formula is C14H22N2O4. The molecule has 1 aromatic carbocycles. The van der Waals surface area contributed by atoms with E-state index in [0.717, 1.165) is 6.42 Å². The van der Waals surface area contributed by atoms with Crippen LogP contribution in [-0.2, 0) is 0 Å². The summed E-state index contributed by atoms with van der Waals surface area (Å²) >= 11 is 0. The molecule has 0 radical (unpaired) electrons. The molecule has 0 aromatic heterocycles. The van der Waals surface area contributed by atoms with Gasteiger partial charge in [-0.1, -0.05) is 6.92 Å². The van der Waals surface area contributed by atoms with Gasteiger partial charge in [0.1, 0.15) is 0 Å². The fraction of sp³-hybridized carbons (Fsp3) is 0.500. The summed E-state index contributed by atoms with van der Waals surface area (Å²) in [4.78, 5) is 11.8. The fourth-order valence-electron chi connectivity index (χ4n) is 1.80. The number of hydrogen-bond acceptors (Lipinski definition) is 4. The van der Waals surface area contributed by atoms with Crippen molar-refractivity contribution in [1.29, 1.82) is 0 Å². The first kappa shape index (κ1) is 16.1. The summed E-state index contributed by atoms with van der Waals surface area (Å²) in [6.07, 6.45) is 1.30. The molecule has 0 fully saturated rings. The molecule has 2 amide bonds. The number of ether oxygens (including phenoxy) is 2. The molecule has 0 bridgehead atoms. The van der Waals surface area contributed by atoms with Gasteiger partial charge < -0.3 is 25.2 Å². The van der Waals surface area contributed by atoms with Crippen molar-refractivity contribution < 1.29 is 19.4 Å². The van der Waals surface area contributed by atoms with Gasteiger partial charge in [0, 0.05) is 24.4 Å². The second-order valence-electron chi connectivity index (χ2n) is 4.29. The van der Waals surface area contributed by atoms with Crippen molar-refractivity contribution in [2.45, 2.75) is 25.8 Å². The third-order valence-electron chi connectivity index (χ3n) is 2.95. The van der Waals surface area contributed by atoms with Gasteiger partial charge in [-0.25, -0.2) is 4.79 Å². The molecule has 0 saturated carbocycles. The first-order valence-corrected chi connectivity index (χ1v) is 6.55. The molecule has 0 aliphatic heterocycles. The number of rotatable bonds is 7.